The molecule has 12 heteroatoms. The van der Waals surface area contributed by atoms with Crippen LogP contribution >= 0.6 is 0 Å². The number of nitrogens with zero attached hydrogens (tertiary/aromatic N) is 3. The molecule has 0 aliphatic carbocycles. The third kappa shape index (κ3) is 5.73. The van der Waals surface area contributed by atoms with Crippen LogP contribution in [0, 0.1) is 18.8 Å². The zero-order valence-corrected chi connectivity index (χ0v) is 19.9. The second kappa shape index (κ2) is 10.1. The van der Waals surface area contributed by atoms with Gasteiger partial charge in [0.1, 0.15) is 0 Å². The van der Waals surface area contributed by atoms with Crippen molar-refractivity contribution in [1.29, 1.82) is 0 Å². The van der Waals surface area contributed by atoms with E-state index in [4.69, 9.17) is 0 Å². The number of carbonyl (C=O) groups excluding carboxylic acids is 2. The summed E-state index contributed by atoms with van der Waals surface area (Å²) < 4.78 is 80.2. The van der Waals surface area contributed by atoms with E-state index < -0.39 is 24.5 Å². The number of fused-ring (bicyclic) bond motifs is 1. The van der Waals surface area contributed by atoms with Gasteiger partial charge in [-0.3, -0.25) is 9.69 Å². The number of rotatable bonds is 4. The van der Waals surface area contributed by atoms with Gasteiger partial charge < -0.3 is 14.5 Å². The Bertz CT molecular complexity index is 949. The summed E-state index contributed by atoms with van der Waals surface area (Å²) in [5.41, 5.74) is 2.57. The first kappa shape index (κ1) is 26.6. The van der Waals surface area contributed by atoms with Gasteiger partial charge in [-0.1, -0.05) is 12.1 Å². The molecule has 36 heavy (non-hydrogen) atoms. The normalized spacial score (nSPS) is 23.3. The van der Waals surface area contributed by atoms with Crippen LogP contribution in [0.15, 0.2) is 18.2 Å². The van der Waals surface area contributed by atoms with E-state index >= 15 is 0 Å². The minimum Gasteiger partial charge on any atom is -0.426 e. The topological polar surface area (TPSA) is 53.1 Å². The van der Waals surface area contributed by atoms with E-state index in [1.807, 2.05) is 30.0 Å². The fourth-order valence-corrected chi connectivity index (χ4v) is 5.46. The molecule has 0 saturated carbocycles. The predicted molar refractivity (Wildman–Crippen MR) is 117 cm³/mol. The second-order valence-electron chi connectivity index (χ2n) is 9.91. The molecule has 2 atom stereocenters. The van der Waals surface area contributed by atoms with E-state index in [1.54, 1.807) is 0 Å². The van der Waals surface area contributed by atoms with Crippen LogP contribution in [0.1, 0.15) is 40.7 Å². The summed E-state index contributed by atoms with van der Waals surface area (Å²) >= 11 is 0. The lowest BCUT2D eigenvalue weighted by molar-refractivity contribution is -0.308. The highest BCUT2D eigenvalue weighted by Gasteiger charge is 2.60. The van der Waals surface area contributed by atoms with Crippen molar-refractivity contribution in [3.8, 4) is 0 Å². The van der Waals surface area contributed by atoms with Crippen LogP contribution in [-0.2, 0) is 11.3 Å². The Morgan fingerprint density at radius 1 is 0.917 bits per heavy atom. The molecule has 0 radical (unpaired) electrons. The fourth-order valence-electron chi connectivity index (χ4n) is 5.46. The molecular weight excluding hydrogens is 492 g/mol. The van der Waals surface area contributed by atoms with Gasteiger partial charge in [0.15, 0.2) is 0 Å². The second-order valence-corrected chi connectivity index (χ2v) is 9.91. The van der Waals surface area contributed by atoms with Gasteiger partial charge in [0.25, 0.3) is 12.0 Å². The smallest absolute Gasteiger partial charge is 0.426 e. The fraction of sp³-hybridized carbons (Fsp3) is 0.667. The van der Waals surface area contributed by atoms with Crippen LogP contribution in [0.2, 0.25) is 0 Å². The van der Waals surface area contributed by atoms with Crippen molar-refractivity contribution in [2.75, 3.05) is 39.3 Å². The summed E-state index contributed by atoms with van der Waals surface area (Å²) in [5, 5.41) is 0. The Morgan fingerprint density at radius 2 is 1.50 bits per heavy atom. The van der Waals surface area contributed by atoms with Gasteiger partial charge in [-0.2, -0.15) is 26.3 Å². The molecule has 2 unspecified atom stereocenters. The van der Waals surface area contributed by atoms with Crippen molar-refractivity contribution in [1.82, 2.24) is 14.7 Å². The van der Waals surface area contributed by atoms with E-state index in [2.05, 4.69) is 9.64 Å². The number of amides is 2. The number of halogens is 6. The maximum absolute atomic E-state index is 13.0. The predicted octanol–water partition coefficient (Wildman–Crippen LogP) is 4.61. The molecule has 3 aliphatic heterocycles. The van der Waals surface area contributed by atoms with Crippen LogP contribution in [0.5, 0.6) is 0 Å². The van der Waals surface area contributed by atoms with Gasteiger partial charge in [0.2, 0.25) is 0 Å². The first-order valence-corrected chi connectivity index (χ1v) is 12.0. The quantitative estimate of drug-likeness (QED) is 0.543. The van der Waals surface area contributed by atoms with E-state index in [0.29, 0.717) is 25.2 Å². The lowest BCUT2D eigenvalue weighted by atomic mass is 10.00. The monoisotopic (exact) mass is 521 g/mol. The van der Waals surface area contributed by atoms with Gasteiger partial charge in [-0.25, -0.2) is 4.79 Å². The summed E-state index contributed by atoms with van der Waals surface area (Å²) in [6, 6.07) is 5.63. The number of hydrogen-bond acceptors (Lipinski definition) is 4. The highest BCUT2D eigenvalue weighted by molar-refractivity contribution is 5.96. The zero-order valence-electron chi connectivity index (χ0n) is 19.9. The van der Waals surface area contributed by atoms with E-state index in [0.717, 1.165) is 48.4 Å². The number of piperidine rings is 1. The zero-order chi connectivity index (χ0) is 26.3. The average Bonchev–Trinajstić information content (AvgIpc) is 3.36. The van der Waals surface area contributed by atoms with Crippen molar-refractivity contribution in [2.45, 2.75) is 51.2 Å². The lowest BCUT2D eigenvalue weighted by Gasteiger charge is -2.28. The van der Waals surface area contributed by atoms with Crippen LogP contribution in [0.4, 0.5) is 31.1 Å². The van der Waals surface area contributed by atoms with Crippen molar-refractivity contribution in [2.24, 2.45) is 11.8 Å². The highest BCUT2D eigenvalue weighted by atomic mass is 19.4. The summed E-state index contributed by atoms with van der Waals surface area (Å²) in [5.74, 6) is -0.130. The molecule has 3 fully saturated rings. The number of likely N-dealkylation sites (tertiary alicyclic amines) is 3. The molecule has 1 aromatic rings. The molecule has 6 nitrogen and oxygen atoms in total. The molecule has 3 heterocycles. The van der Waals surface area contributed by atoms with Gasteiger partial charge >= 0.3 is 18.4 Å². The van der Waals surface area contributed by atoms with Crippen molar-refractivity contribution >= 4 is 12.0 Å². The van der Waals surface area contributed by atoms with Crippen LogP contribution < -0.4 is 0 Å². The third-order valence-electron chi connectivity index (χ3n) is 7.35. The molecule has 0 N–H and O–H groups in total. The van der Waals surface area contributed by atoms with Gasteiger partial charge in [-0.05, 0) is 55.2 Å². The largest absolute Gasteiger partial charge is 0.434 e. The first-order chi connectivity index (χ1) is 16.8. The third-order valence-corrected chi connectivity index (χ3v) is 7.35. The summed E-state index contributed by atoms with van der Waals surface area (Å²) in [6.07, 6.45) is -14.1. The van der Waals surface area contributed by atoms with Crippen LogP contribution in [-0.4, -0.2) is 84.4 Å². The maximum Gasteiger partial charge on any atom is 0.434 e. The Kier molecular flexibility index (Phi) is 7.45. The Balaban J connectivity index is 1.34. The van der Waals surface area contributed by atoms with Crippen LogP contribution in [0.25, 0.3) is 0 Å². The van der Waals surface area contributed by atoms with Gasteiger partial charge in [0.05, 0.1) is 0 Å². The van der Waals surface area contributed by atoms with Crippen molar-refractivity contribution in [3.63, 3.8) is 0 Å². The van der Waals surface area contributed by atoms with Crippen molar-refractivity contribution < 1.29 is 40.7 Å². The Hall–Kier alpha value is -2.50. The summed E-state index contributed by atoms with van der Waals surface area (Å²) in [6.45, 7) is 5.14. The molecule has 0 bridgehead atoms. The lowest BCUT2D eigenvalue weighted by Crippen LogP contribution is -2.48. The van der Waals surface area contributed by atoms with E-state index in [1.165, 1.54) is 0 Å². The van der Waals surface area contributed by atoms with Gasteiger partial charge in [-0.15, -0.1) is 0 Å². The molecule has 2 amide bonds. The number of carbonyl (C=O) groups is 2. The Morgan fingerprint density at radius 3 is 2.06 bits per heavy atom. The highest BCUT2D eigenvalue weighted by Crippen LogP contribution is 2.38. The molecule has 4 rings (SSSR count). The summed E-state index contributed by atoms with van der Waals surface area (Å²) in [7, 11) is 0. The molecule has 1 aromatic carbocycles. The number of ether oxygens (including phenoxy) is 1. The van der Waals surface area contributed by atoms with E-state index in [-0.39, 0.29) is 30.8 Å². The molecule has 200 valence electrons. The van der Waals surface area contributed by atoms with Gasteiger partial charge in [0, 0.05) is 51.4 Å². The standard InChI is InChI=1S/C24H29F6N3O3/c1-15-16(6-5-7-19(15)20(34)32-8-3-2-4-9-32)10-31-11-17-13-33(14-18(17)12-31)22(35)36-21(23(25,26)27)24(28,29)30/h5-7,17-18,21H,2-4,8-14H2,1H3. The minimum absolute atomic E-state index is 0.0255. The SMILES string of the molecule is Cc1c(CN2CC3CN(C(=O)OC(C(F)(F)F)C(F)(F)F)CC3C2)cccc1C(=O)N1CCCCC1. The molecule has 3 aliphatic rings. The average molecular weight is 522 g/mol. The number of benzene rings is 1. The molecular formula is C24H29F6N3O3. The summed E-state index contributed by atoms with van der Waals surface area (Å²) in [4.78, 5) is 30.0. The minimum atomic E-state index is -5.73. The molecule has 3 saturated heterocycles. The maximum atomic E-state index is 13.0. The number of alkyl halides is 6. The molecule has 0 spiro atoms. The first-order valence-electron chi connectivity index (χ1n) is 12.0. The van der Waals surface area contributed by atoms with Crippen molar-refractivity contribution in [3.05, 3.63) is 34.9 Å². The van der Waals surface area contributed by atoms with E-state index in [9.17, 15) is 35.9 Å². The number of hydrogen-bond donors (Lipinski definition) is 0. The van der Waals surface area contributed by atoms with Crippen LogP contribution in [0.3, 0.4) is 0 Å². The molecule has 0 aromatic heterocycles. The Labute approximate surface area is 205 Å².